The number of thiophene rings is 1. The number of anilines is 2. The molecule has 5 nitrogen and oxygen atoms in total. The van der Waals surface area contributed by atoms with Gasteiger partial charge in [-0.3, -0.25) is 9.59 Å². The molecule has 1 heterocycles. The molecule has 1 aromatic rings. The molecule has 0 bridgehead atoms. The van der Waals surface area contributed by atoms with E-state index in [1.165, 1.54) is 18.4 Å². The SMILES string of the molecule is C=CCNc1sc(C(=O)CC)c(N)c1C(=O)NC. The number of carbonyl (C=O) groups excluding carboxylic acids is 2. The predicted octanol–water partition coefficient (Wildman–Crippen LogP) is 1.88. The molecule has 0 fully saturated rings. The number of hydrogen-bond acceptors (Lipinski definition) is 5. The summed E-state index contributed by atoms with van der Waals surface area (Å²) in [7, 11) is 1.53. The van der Waals surface area contributed by atoms with Gasteiger partial charge in [-0.05, 0) is 0 Å². The van der Waals surface area contributed by atoms with Gasteiger partial charge in [-0.25, -0.2) is 0 Å². The third kappa shape index (κ3) is 2.70. The second kappa shape index (κ2) is 6.20. The molecule has 0 saturated heterocycles. The summed E-state index contributed by atoms with van der Waals surface area (Å²) in [4.78, 5) is 23.9. The Labute approximate surface area is 110 Å². The molecule has 6 heteroatoms. The van der Waals surface area contributed by atoms with Crippen LogP contribution in [0.15, 0.2) is 12.7 Å². The first-order valence-electron chi connectivity index (χ1n) is 5.59. The summed E-state index contributed by atoms with van der Waals surface area (Å²) in [6.07, 6.45) is 2.03. The topological polar surface area (TPSA) is 84.2 Å². The number of nitrogen functional groups attached to an aromatic ring is 1. The van der Waals surface area contributed by atoms with E-state index in [9.17, 15) is 9.59 Å². The monoisotopic (exact) mass is 267 g/mol. The third-order valence-corrected chi connectivity index (χ3v) is 3.58. The summed E-state index contributed by atoms with van der Waals surface area (Å²) in [5, 5.41) is 6.15. The van der Waals surface area contributed by atoms with Crippen molar-refractivity contribution >= 4 is 33.7 Å². The van der Waals surface area contributed by atoms with Crippen LogP contribution in [0.25, 0.3) is 0 Å². The largest absolute Gasteiger partial charge is 0.397 e. The van der Waals surface area contributed by atoms with E-state index in [-0.39, 0.29) is 17.4 Å². The summed E-state index contributed by atoms with van der Waals surface area (Å²) < 4.78 is 0. The highest BCUT2D eigenvalue weighted by atomic mass is 32.1. The molecule has 0 aromatic carbocycles. The van der Waals surface area contributed by atoms with Crippen molar-refractivity contribution in [1.82, 2.24) is 5.32 Å². The van der Waals surface area contributed by atoms with E-state index in [1.807, 2.05) is 0 Å². The molecule has 1 rings (SSSR count). The Morgan fingerprint density at radius 3 is 2.67 bits per heavy atom. The summed E-state index contributed by atoms with van der Waals surface area (Å²) in [5.41, 5.74) is 6.47. The minimum atomic E-state index is -0.300. The molecular weight excluding hydrogens is 250 g/mol. The zero-order valence-corrected chi connectivity index (χ0v) is 11.3. The normalized spacial score (nSPS) is 9.89. The molecule has 0 radical (unpaired) electrons. The first-order valence-corrected chi connectivity index (χ1v) is 6.40. The average molecular weight is 267 g/mol. The van der Waals surface area contributed by atoms with E-state index in [1.54, 1.807) is 13.0 Å². The van der Waals surface area contributed by atoms with Crippen molar-refractivity contribution in [2.75, 3.05) is 24.6 Å². The van der Waals surface area contributed by atoms with Crippen LogP contribution in [0.4, 0.5) is 10.7 Å². The highest BCUT2D eigenvalue weighted by Gasteiger charge is 2.23. The average Bonchev–Trinajstić information content (AvgIpc) is 2.71. The molecule has 0 aliphatic rings. The van der Waals surface area contributed by atoms with Crippen molar-refractivity contribution in [3.8, 4) is 0 Å². The summed E-state index contributed by atoms with van der Waals surface area (Å²) in [6.45, 7) is 5.86. The fourth-order valence-electron chi connectivity index (χ4n) is 1.45. The minimum absolute atomic E-state index is 0.0608. The van der Waals surface area contributed by atoms with Crippen LogP contribution >= 0.6 is 11.3 Å². The minimum Gasteiger partial charge on any atom is -0.397 e. The van der Waals surface area contributed by atoms with Gasteiger partial charge in [-0.15, -0.1) is 17.9 Å². The lowest BCUT2D eigenvalue weighted by atomic mass is 10.1. The molecular formula is C12H17N3O2S. The second-order valence-corrected chi connectivity index (χ2v) is 4.60. The van der Waals surface area contributed by atoms with E-state index in [4.69, 9.17) is 5.73 Å². The van der Waals surface area contributed by atoms with Crippen LogP contribution in [0.3, 0.4) is 0 Å². The Kier molecular flexibility index (Phi) is 4.91. The predicted molar refractivity (Wildman–Crippen MR) is 75.4 cm³/mol. The van der Waals surface area contributed by atoms with Gasteiger partial charge in [0.1, 0.15) is 5.00 Å². The Morgan fingerprint density at radius 1 is 1.50 bits per heavy atom. The first kappa shape index (κ1) is 14.2. The van der Waals surface area contributed by atoms with Gasteiger partial charge in [-0.2, -0.15) is 0 Å². The number of carbonyl (C=O) groups is 2. The van der Waals surface area contributed by atoms with E-state index in [0.717, 1.165) is 0 Å². The lowest BCUT2D eigenvalue weighted by molar-refractivity contribution is 0.0964. The summed E-state index contributed by atoms with van der Waals surface area (Å²) in [6, 6.07) is 0. The highest BCUT2D eigenvalue weighted by Crippen LogP contribution is 2.36. The maximum Gasteiger partial charge on any atom is 0.256 e. The number of amides is 1. The Morgan fingerprint density at radius 2 is 2.17 bits per heavy atom. The number of Topliss-reactive ketones (excluding diaryl/α,β-unsaturated/α-hetero) is 1. The Hall–Kier alpha value is -1.82. The number of hydrogen-bond donors (Lipinski definition) is 3. The molecule has 1 amide bonds. The lowest BCUT2D eigenvalue weighted by Crippen LogP contribution is -2.20. The summed E-state index contributed by atoms with van der Waals surface area (Å²) in [5.74, 6) is -0.361. The third-order valence-electron chi connectivity index (χ3n) is 2.38. The van der Waals surface area contributed by atoms with Gasteiger partial charge >= 0.3 is 0 Å². The van der Waals surface area contributed by atoms with Gasteiger partial charge in [0, 0.05) is 20.0 Å². The molecule has 0 aliphatic carbocycles. The number of ketones is 1. The van der Waals surface area contributed by atoms with E-state index < -0.39 is 0 Å². The van der Waals surface area contributed by atoms with Crippen molar-refractivity contribution in [2.24, 2.45) is 0 Å². The van der Waals surface area contributed by atoms with Gasteiger partial charge < -0.3 is 16.4 Å². The fourth-order valence-corrected chi connectivity index (χ4v) is 2.59. The van der Waals surface area contributed by atoms with Gasteiger partial charge in [0.05, 0.1) is 16.1 Å². The van der Waals surface area contributed by atoms with Gasteiger partial charge in [0.25, 0.3) is 5.91 Å². The van der Waals surface area contributed by atoms with Gasteiger partial charge in [-0.1, -0.05) is 13.0 Å². The number of nitrogens with two attached hydrogens (primary N) is 1. The Balaban J connectivity index is 3.26. The van der Waals surface area contributed by atoms with Gasteiger partial charge in [0.15, 0.2) is 5.78 Å². The highest BCUT2D eigenvalue weighted by molar-refractivity contribution is 7.19. The van der Waals surface area contributed by atoms with Crippen molar-refractivity contribution in [2.45, 2.75) is 13.3 Å². The zero-order chi connectivity index (χ0) is 13.7. The molecule has 0 atom stereocenters. The van der Waals surface area contributed by atoms with Gasteiger partial charge in [0.2, 0.25) is 0 Å². The molecule has 0 unspecified atom stereocenters. The lowest BCUT2D eigenvalue weighted by Gasteiger charge is -2.04. The molecule has 18 heavy (non-hydrogen) atoms. The summed E-state index contributed by atoms with van der Waals surface area (Å²) >= 11 is 1.21. The van der Waals surface area contributed by atoms with Crippen LogP contribution in [0.2, 0.25) is 0 Å². The first-order chi connectivity index (χ1) is 8.56. The molecule has 0 aliphatic heterocycles. The number of nitrogens with one attached hydrogen (secondary N) is 2. The van der Waals surface area contributed by atoms with Crippen molar-refractivity contribution in [3.63, 3.8) is 0 Å². The van der Waals surface area contributed by atoms with E-state index in [2.05, 4.69) is 17.2 Å². The Bertz CT molecular complexity index is 480. The van der Waals surface area contributed by atoms with Crippen molar-refractivity contribution in [3.05, 3.63) is 23.1 Å². The van der Waals surface area contributed by atoms with Crippen LogP contribution in [0, 0.1) is 0 Å². The van der Waals surface area contributed by atoms with Crippen LogP contribution in [0.5, 0.6) is 0 Å². The molecule has 0 saturated carbocycles. The quantitative estimate of drug-likeness (QED) is 0.543. The molecule has 0 spiro atoms. The van der Waals surface area contributed by atoms with Crippen LogP contribution in [0.1, 0.15) is 33.4 Å². The smallest absolute Gasteiger partial charge is 0.256 e. The maximum absolute atomic E-state index is 11.8. The zero-order valence-electron chi connectivity index (χ0n) is 10.5. The molecule has 4 N–H and O–H groups in total. The fraction of sp³-hybridized carbons (Fsp3) is 0.333. The van der Waals surface area contributed by atoms with Crippen LogP contribution < -0.4 is 16.4 Å². The second-order valence-electron chi connectivity index (χ2n) is 3.57. The van der Waals surface area contributed by atoms with Crippen LogP contribution in [-0.2, 0) is 0 Å². The molecule has 98 valence electrons. The van der Waals surface area contributed by atoms with Crippen molar-refractivity contribution < 1.29 is 9.59 Å². The standard InChI is InChI=1S/C12H17N3O2S/c1-4-6-15-12-8(11(17)14-3)9(13)10(18-12)7(16)5-2/h4,15H,1,5-6,13H2,2-3H3,(H,14,17). The van der Waals surface area contributed by atoms with Crippen LogP contribution in [-0.4, -0.2) is 25.3 Å². The molecule has 1 aromatic heterocycles. The number of rotatable bonds is 6. The van der Waals surface area contributed by atoms with E-state index >= 15 is 0 Å². The van der Waals surface area contributed by atoms with Crippen molar-refractivity contribution in [1.29, 1.82) is 0 Å². The maximum atomic E-state index is 11.8. The van der Waals surface area contributed by atoms with E-state index in [0.29, 0.717) is 28.4 Å².